The molecule has 1 saturated carbocycles. The molecule has 0 heterocycles. The predicted octanol–water partition coefficient (Wildman–Crippen LogP) is 3.78. The van der Waals surface area contributed by atoms with Crippen molar-refractivity contribution in [2.24, 2.45) is 0 Å². The minimum Gasteiger partial charge on any atom is -0.495 e. The largest absolute Gasteiger partial charge is 0.495 e. The summed E-state index contributed by atoms with van der Waals surface area (Å²) in [5.74, 6) is 0.751. The zero-order valence-electron chi connectivity index (χ0n) is 8.02. The molecule has 0 atom stereocenters. The van der Waals surface area contributed by atoms with E-state index < -0.39 is 0 Å². The van der Waals surface area contributed by atoms with Crippen molar-refractivity contribution in [2.75, 3.05) is 12.4 Å². The average molecular weight is 276 g/mol. The van der Waals surface area contributed by atoms with Gasteiger partial charge in [-0.15, -0.1) is 0 Å². The van der Waals surface area contributed by atoms with Gasteiger partial charge in [-0.3, -0.25) is 0 Å². The second-order valence-corrected chi connectivity index (χ2v) is 4.73. The van der Waals surface area contributed by atoms with E-state index in [0.29, 0.717) is 10.4 Å². The number of alkyl halides is 1. The number of halogens is 2. The Morgan fingerprint density at radius 2 is 2.21 bits per heavy atom. The van der Waals surface area contributed by atoms with Gasteiger partial charge >= 0.3 is 0 Å². The molecule has 0 radical (unpaired) electrons. The molecule has 0 saturated heterocycles. The van der Waals surface area contributed by atoms with Gasteiger partial charge < -0.3 is 4.74 Å². The maximum Gasteiger partial charge on any atom is 0.137 e. The van der Waals surface area contributed by atoms with Crippen molar-refractivity contribution < 1.29 is 4.74 Å². The molecule has 0 amide bonds. The zero-order valence-corrected chi connectivity index (χ0v) is 10.4. The highest BCUT2D eigenvalue weighted by Gasteiger charge is 2.43. The standard InChI is InChI=1S/C11H12BrClO/c1-14-10-3-2-8(6-9(10)13)11(7-12)4-5-11/h2-3,6H,4-5,7H2,1H3. The lowest BCUT2D eigenvalue weighted by Gasteiger charge is -2.13. The summed E-state index contributed by atoms with van der Waals surface area (Å²) in [6.07, 6.45) is 2.50. The number of hydrogen-bond acceptors (Lipinski definition) is 1. The van der Waals surface area contributed by atoms with Gasteiger partial charge in [-0.1, -0.05) is 33.6 Å². The van der Waals surface area contributed by atoms with Gasteiger partial charge in [-0.25, -0.2) is 0 Å². The highest BCUT2D eigenvalue weighted by atomic mass is 79.9. The molecule has 1 aliphatic carbocycles. The summed E-state index contributed by atoms with van der Waals surface area (Å²) in [6, 6.07) is 6.08. The van der Waals surface area contributed by atoms with E-state index in [0.717, 1.165) is 11.1 Å². The van der Waals surface area contributed by atoms with Crippen molar-refractivity contribution in [3.8, 4) is 5.75 Å². The van der Waals surface area contributed by atoms with Crippen LogP contribution in [-0.4, -0.2) is 12.4 Å². The SMILES string of the molecule is COc1ccc(C2(CBr)CC2)cc1Cl. The van der Waals surface area contributed by atoms with Crippen LogP contribution in [0.2, 0.25) is 5.02 Å². The van der Waals surface area contributed by atoms with Crippen LogP contribution in [0.3, 0.4) is 0 Å². The Hall–Kier alpha value is -0.210. The van der Waals surface area contributed by atoms with Crippen molar-refractivity contribution in [1.82, 2.24) is 0 Å². The summed E-state index contributed by atoms with van der Waals surface area (Å²) in [7, 11) is 1.64. The van der Waals surface area contributed by atoms with Gasteiger partial charge in [0.25, 0.3) is 0 Å². The zero-order chi connectivity index (χ0) is 10.2. The highest BCUT2D eigenvalue weighted by molar-refractivity contribution is 9.09. The van der Waals surface area contributed by atoms with Crippen molar-refractivity contribution in [3.63, 3.8) is 0 Å². The molecule has 1 aromatic rings. The Kier molecular flexibility index (Phi) is 2.76. The molecular formula is C11H12BrClO. The molecule has 0 unspecified atom stereocenters. The molecule has 0 spiro atoms. The summed E-state index contributed by atoms with van der Waals surface area (Å²) >= 11 is 9.64. The first-order valence-electron chi connectivity index (χ1n) is 4.62. The molecule has 14 heavy (non-hydrogen) atoms. The highest BCUT2D eigenvalue weighted by Crippen LogP contribution is 2.50. The number of hydrogen-bond donors (Lipinski definition) is 0. The summed E-state index contributed by atoms with van der Waals surface area (Å²) in [5.41, 5.74) is 1.66. The van der Waals surface area contributed by atoms with Gasteiger partial charge in [0.1, 0.15) is 5.75 Å². The lowest BCUT2D eigenvalue weighted by Crippen LogP contribution is -2.07. The third kappa shape index (κ3) is 1.66. The van der Waals surface area contributed by atoms with Crippen LogP contribution >= 0.6 is 27.5 Å². The first-order chi connectivity index (χ1) is 6.72. The van der Waals surface area contributed by atoms with Crippen LogP contribution in [0.1, 0.15) is 18.4 Å². The molecule has 1 aliphatic rings. The van der Waals surface area contributed by atoms with Crippen LogP contribution in [0.15, 0.2) is 18.2 Å². The second-order valence-electron chi connectivity index (χ2n) is 3.76. The molecule has 76 valence electrons. The maximum absolute atomic E-state index is 6.08. The first-order valence-corrected chi connectivity index (χ1v) is 6.12. The van der Waals surface area contributed by atoms with Gasteiger partial charge in [-0.05, 0) is 30.5 Å². The topological polar surface area (TPSA) is 9.23 Å². The number of benzene rings is 1. The van der Waals surface area contributed by atoms with Gasteiger partial charge in [0.2, 0.25) is 0 Å². The van der Waals surface area contributed by atoms with E-state index >= 15 is 0 Å². The van der Waals surface area contributed by atoms with Crippen molar-refractivity contribution in [1.29, 1.82) is 0 Å². The Labute approximate surface area is 97.5 Å². The fourth-order valence-electron chi connectivity index (χ4n) is 1.65. The number of methoxy groups -OCH3 is 1. The van der Waals surface area contributed by atoms with E-state index in [1.54, 1.807) is 7.11 Å². The third-order valence-corrected chi connectivity index (χ3v) is 4.24. The average Bonchev–Trinajstić information content (AvgIpc) is 2.98. The van der Waals surface area contributed by atoms with Crippen LogP contribution in [0.4, 0.5) is 0 Å². The van der Waals surface area contributed by atoms with E-state index in [4.69, 9.17) is 16.3 Å². The van der Waals surface area contributed by atoms with Crippen molar-refractivity contribution in [2.45, 2.75) is 18.3 Å². The van der Waals surface area contributed by atoms with Gasteiger partial charge in [-0.2, -0.15) is 0 Å². The second kappa shape index (κ2) is 3.74. The molecule has 0 aromatic heterocycles. The lowest BCUT2D eigenvalue weighted by molar-refractivity contribution is 0.415. The van der Waals surface area contributed by atoms with Gasteiger partial charge in [0.15, 0.2) is 0 Å². The molecule has 2 rings (SSSR count). The molecule has 0 N–H and O–H groups in total. The van der Waals surface area contributed by atoms with Crippen LogP contribution in [0.5, 0.6) is 5.75 Å². The number of ether oxygens (including phenoxy) is 1. The molecule has 1 nitrogen and oxygen atoms in total. The Morgan fingerprint density at radius 1 is 1.50 bits per heavy atom. The molecule has 1 aromatic carbocycles. The minimum absolute atomic E-state index is 0.343. The third-order valence-electron chi connectivity index (χ3n) is 2.87. The Balaban J connectivity index is 2.33. The smallest absolute Gasteiger partial charge is 0.137 e. The monoisotopic (exact) mass is 274 g/mol. The molecule has 0 aliphatic heterocycles. The quantitative estimate of drug-likeness (QED) is 0.763. The first kappa shape index (κ1) is 10.3. The normalized spacial score (nSPS) is 17.9. The summed E-state index contributed by atoms with van der Waals surface area (Å²) in [4.78, 5) is 0. The van der Waals surface area contributed by atoms with Crippen LogP contribution < -0.4 is 4.74 Å². The molecule has 0 bridgehead atoms. The minimum atomic E-state index is 0.343. The van der Waals surface area contributed by atoms with E-state index in [1.165, 1.54) is 18.4 Å². The predicted molar refractivity (Wildman–Crippen MR) is 62.7 cm³/mol. The van der Waals surface area contributed by atoms with E-state index in [9.17, 15) is 0 Å². The Morgan fingerprint density at radius 3 is 2.64 bits per heavy atom. The van der Waals surface area contributed by atoms with Crippen molar-refractivity contribution >= 4 is 27.5 Å². The van der Waals surface area contributed by atoms with Crippen LogP contribution in [0, 0.1) is 0 Å². The van der Waals surface area contributed by atoms with E-state index in [1.807, 2.05) is 12.1 Å². The number of rotatable bonds is 3. The van der Waals surface area contributed by atoms with Crippen LogP contribution in [-0.2, 0) is 5.41 Å². The maximum atomic E-state index is 6.08. The van der Waals surface area contributed by atoms with Crippen molar-refractivity contribution in [3.05, 3.63) is 28.8 Å². The van der Waals surface area contributed by atoms with Gasteiger partial charge in [0, 0.05) is 10.7 Å². The fraction of sp³-hybridized carbons (Fsp3) is 0.455. The fourth-order valence-corrected chi connectivity index (χ4v) is 2.79. The summed E-state index contributed by atoms with van der Waals surface area (Å²) < 4.78 is 5.12. The van der Waals surface area contributed by atoms with E-state index in [2.05, 4.69) is 22.0 Å². The van der Waals surface area contributed by atoms with E-state index in [-0.39, 0.29) is 0 Å². The Bertz CT molecular complexity index is 347. The summed E-state index contributed by atoms with van der Waals surface area (Å²) in [6.45, 7) is 0. The van der Waals surface area contributed by atoms with Crippen LogP contribution in [0.25, 0.3) is 0 Å². The molecule has 1 fully saturated rings. The molecule has 3 heteroatoms. The lowest BCUT2D eigenvalue weighted by atomic mass is 9.98. The van der Waals surface area contributed by atoms with Gasteiger partial charge in [0.05, 0.1) is 12.1 Å². The summed E-state index contributed by atoms with van der Waals surface area (Å²) in [5, 5.41) is 1.72. The molecular weight excluding hydrogens is 263 g/mol.